The van der Waals surface area contributed by atoms with Gasteiger partial charge in [-0.2, -0.15) is 0 Å². The van der Waals surface area contributed by atoms with Gasteiger partial charge in [0.05, 0.1) is 12.0 Å². The molecule has 0 saturated carbocycles. The molecule has 0 aliphatic carbocycles. The van der Waals surface area contributed by atoms with Gasteiger partial charge >= 0.3 is 0 Å². The summed E-state index contributed by atoms with van der Waals surface area (Å²) in [4.78, 5) is 0. The minimum absolute atomic E-state index is 0.235. The molecule has 0 saturated heterocycles. The fourth-order valence-electron chi connectivity index (χ4n) is 2.73. The number of halogens is 2. The average molecular weight is 400 g/mol. The Hall–Kier alpha value is -2.57. The largest absolute Gasteiger partial charge is 0.461 e. The SMILES string of the molecule is Cc1ccc(Cl)cc1-n1c(SCc2ccccc2F)nnc1-c1ccco1. The minimum atomic E-state index is -0.235. The molecule has 0 radical (unpaired) electrons. The maximum Gasteiger partial charge on any atom is 0.205 e. The third-order valence-electron chi connectivity index (χ3n) is 4.10. The first kappa shape index (κ1) is 17.8. The predicted octanol–water partition coefficient (Wildman–Crippen LogP) is 5.92. The van der Waals surface area contributed by atoms with Gasteiger partial charge in [-0.1, -0.05) is 47.6 Å². The summed E-state index contributed by atoms with van der Waals surface area (Å²) in [5.41, 5.74) is 2.48. The Morgan fingerprint density at radius 1 is 1.11 bits per heavy atom. The molecule has 0 atom stereocenters. The van der Waals surface area contributed by atoms with Crippen LogP contribution >= 0.6 is 23.4 Å². The van der Waals surface area contributed by atoms with Crippen molar-refractivity contribution in [3.8, 4) is 17.3 Å². The van der Waals surface area contributed by atoms with Crippen molar-refractivity contribution >= 4 is 23.4 Å². The first-order valence-corrected chi connectivity index (χ1v) is 9.62. The van der Waals surface area contributed by atoms with Crippen LogP contribution in [0.15, 0.2) is 70.4 Å². The molecule has 4 aromatic rings. The second-order valence-electron chi connectivity index (χ2n) is 5.93. The topological polar surface area (TPSA) is 43.9 Å². The van der Waals surface area contributed by atoms with Gasteiger partial charge < -0.3 is 4.42 Å². The van der Waals surface area contributed by atoms with Crippen LogP contribution in [0.3, 0.4) is 0 Å². The van der Waals surface area contributed by atoms with Crippen molar-refractivity contribution in [3.05, 3.63) is 82.8 Å². The highest BCUT2D eigenvalue weighted by atomic mass is 35.5. The van der Waals surface area contributed by atoms with Crippen LogP contribution in [0.4, 0.5) is 4.39 Å². The quantitative estimate of drug-likeness (QED) is 0.391. The number of aromatic nitrogens is 3. The number of furan rings is 1. The normalized spacial score (nSPS) is 11.1. The maximum absolute atomic E-state index is 14.0. The zero-order valence-electron chi connectivity index (χ0n) is 14.4. The van der Waals surface area contributed by atoms with E-state index in [9.17, 15) is 4.39 Å². The highest BCUT2D eigenvalue weighted by Gasteiger charge is 2.20. The van der Waals surface area contributed by atoms with Gasteiger partial charge in [0.15, 0.2) is 10.9 Å². The number of hydrogen-bond donors (Lipinski definition) is 0. The summed E-state index contributed by atoms with van der Waals surface area (Å²) >= 11 is 7.63. The van der Waals surface area contributed by atoms with Gasteiger partial charge in [-0.15, -0.1) is 10.2 Å². The Morgan fingerprint density at radius 3 is 2.74 bits per heavy atom. The summed E-state index contributed by atoms with van der Waals surface area (Å²) in [7, 11) is 0. The molecule has 0 unspecified atom stereocenters. The molecule has 136 valence electrons. The summed E-state index contributed by atoms with van der Waals surface area (Å²) in [6.45, 7) is 1.99. The molecule has 0 aliphatic rings. The van der Waals surface area contributed by atoms with Crippen molar-refractivity contribution < 1.29 is 8.81 Å². The van der Waals surface area contributed by atoms with Gasteiger partial charge in [0.2, 0.25) is 5.82 Å². The molecule has 7 heteroatoms. The molecule has 2 aromatic heterocycles. The van der Waals surface area contributed by atoms with Crippen LogP contribution < -0.4 is 0 Å². The standard InChI is InChI=1S/C20H15ClFN3OS/c1-13-8-9-15(21)11-17(13)25-19(18-7-4-10-26-18)23-24-20(25)27-12-14-5-2-3-6-16(14)22/h2-11H,12H2,1H3. The van der Waals surface area contributed by atoms with Crippen LogP contribution in [0.2, 0.25) is 5.02 Å². The van der Waals surface area contributed by atoms with Crippen LogP contribution in [0.1, 0.15) is 11.1 Å². The van der Waals surface area contributed by atoms with E-state index in [2.05, 4.69) is 10.2 Å². The molecule has 2 heterocycles. The third kappa shape index (κ3) is 3.63. The number of nitrogens with zero attached hydrogens (tertiary/aromatic N) is 3. The van der Waals surface area contributed by atoms with E-state index < -0.39 is 0 Å². The average Bonchev–Trinajstić information content (AvgIpc) is 3.32. The number of rotatable bonds is 5. The van der Waals surface area contributed by atoms with E-state index in [-0.39, 0.29) is 5.82 Å². The van der Waals surface area contributed by atoms with Crippen LogP contribution in [0.5, 0.6) is 0 Å². The lowest BCUT2D eigenvalue weighted by Crippen LogP contribution is -2.02. The molecule has 0 bridgehead atoms. The Bertz CT molecular complexity index is 1080. The van der Waals surface area contributed by atoms with Crippen molar-refractivity contribution in [2.45, 2.75) is 17.8 Å². The first-order valence-electron chi connectivity index (χ1n) is 8.25. The van der Waals surface area contributed by atoms with Crippen molar-refractivity contribution in [3.63, 3.8) is 0 Å². The van der Waals surface area contributed by atoms with Gasteiger partial charge in [-0.3, -0.25) is 4.57 Å². The lowest BCUT2D eigenvalue weighted by atomic mass is 10.2. The number of aryl methyl sites for hydroxylation is 1. The van der Waals surface area contributed by atoms with Gasteiger partial charge in [0.1, 0.15) is 5.82 Å². The number of thioether (sulfide) groups is 1. The fraction of sp³-hybridized carbons (Fsp3) is 0.100. The van der Waals surface area contributed by atoms with Crippen LogP contribution in [0, 0.1) is 12.7 Å². The van der Waals surface area contributed by atoms with Crippen molar-refractivity contribution in [2.75, 3.05) is 0 Å². The minimum Gasteiger partial charge on any atom is -0.461 e. The maximum atomic E-state index is 14.0. The van der Waals surface area contributed by atoms with Crippen LogP contribution in [-0.4, -0.2) is 14.8 Å². The predicted molar refractivity (Wildman–Crippen MR) is 105 cm³/mol. The summed E-state index contributed by atoms with van der Waals surface area (Å²) < 4.78 is 21.4. The zero-order valence-corrected chi connectivity index (χ0v) is 16.0. The summed E-state index contributed by atoms with van der Waals surface area (Å²) in [6, 6.07) is 16.0. The van der Waals surface area contributed by atoms with E-state index in [1.54, 1.807) is 24.5 Å². The number of benzene rings is 2. The van der Waals surface area contributed by atoms with Gasteiger partial charge in [0.25, 0.3) is 0 Å². The first-order chi connectivity index (χ1) is 13.1. The van der Waals surface area contributed by atoms with E-state index in [0.717, 1.165) is 11.3 Å². The van der Waals surface area contributed by atoms with E-state index in [1.165, 1.54) is 17.8 Å². The molecule has 2 aromatic carbocycles. The molecule has 0 aliphatic heterocycles. The molecule has 4 rings (SSSR count). The van der Waals surface area contributed by atoms with Crippen molar-refractivity contribution in [2.24, 2.45) is 0 Å². The molecule has 0 fully saturated rings. The summed E-state index contributed by atoms with van der Waals surface area (Å²) in [6.07, 6.45) is 1.59. The molecule has 0 spiro atoms. The zero-order chi connectivity index (χ0) is 18.8. The smallest absolute Gasteiger partial charge is 0.205 e. The van der Waals surface area contributed by atoms with E-state index in [0.29, 0.717) is 33.1 Å². The molecular formula is C20H15ClFN3OS. The molecular weight excluding hydrogens is 385 g/mol. The Balaban J connectivity index is 1.78. The summed E-state index contributed by atoms with van der Waals surface area (Å²) in [5, 5.41) is 9.86. The van der Waals surface area contributed by atoms with E-state index in [1.807, 2.05) is 41.8 Å². The summed E-state index contributed by atoms with van der Waals surface area (Å²) in [5.74, 6) is 1.37. The second kappa shape index (κ2) is 7.58. The Labute approximate surface area is 165 Å². The van der Waals surface area contributed by atoms with Crippen molar-refractivity contribution in [1.29, 1.82) is 0 Å². The molecule has 0 N–H and O–H groups in total. The monoisotopic (exact) mass is 399 g/mol. The Kier molecular flexibility index (Phi) is 5.01. The molecule has 4 nitrogen and oxygen atoms in total. The fourth-order valence-corrected chi connectivity index (χ4v) is 3.82. The highest BCUT2D eigenvalue weighted by molar-refractivity contribution is 7.98. The van der Waals surface area contributed by atoms with Crippen LogP contribution in [0.25, 0.3) is 17.3 Å². The lowest BCUT2D eigenvalue weighted by Gasteiger charge is -2.12. The van der Waals surface area contributed by atoms with Gasteiger partial charge in [-0.25, -0.2) is 4.39 Å². The highest BCUT2D eigenvalue weighted by Crippen LogP contribution is 2.32. The van der Waals surface area contributed by atoms with Gasteiger partial charge in [0, 0.05) is 10.8 Å². The lowest BCUT2D eigenvalue weighted by molar-refractivity contribution is 0.575. The molecule has 0 amide bonds. The molecule has 27 heavy (non-hydrogen) atoms. The van der Waals surface area contributed by atoms with Gasteiger partial charge in [-0.05, 0) is 48.4 Å². The van der Waals surface area contributed by atoms with Crippen molar-refractivity contribution in [1.82, 2.24) is 14.8 Å². The van der Waals surface area contributed by atoms with E-state index in [4.69, 9.17) is 16.0 Å². The Morgan fingerprint density at radius 2 is 1.96 bits per heavy atom. The second-order valence-corrected chi connectivity index (χ2v) is 7.31. The third-order valence-corrected chi connectivity index (χ3v) is 5.31. The van der Waals surface area contributed by atoms with E-state index >= 15 is 0 Å². The van der Waals surface area contributed by atoms with Crippen LogP contribution in [-0.2, 0) is 5.75 Å². The number of hydrogen-bond acceptors (Lipinski definition) is 4.